The average Bonchev–Trinajstić information content (AvgIpc) is 2.20. The molecule has 0 spiro atoms. The van der Waals surface area contributed by atoms with E-state index in [1.165, 1.54) is 31.4 Å². The van der Waals surface area contributed by atoms with Gasteiger partial charge in [0, 0.05) is 24.1 Å². The van der Waals surface area contributed by atoms with E-state index < -0.39 is 0 Å². The molecule has 78 valence electrons. The highest BCUT2D eigenvalue weighted by molar-refractivity contribution is 5.41. The summed E-state index contributed by atoms with van der Waals surface area (Å²) in [6.07, 6.45) is 8.83. The number of nitrogens with one attached hydrogen (secondary N) is 1. The van der Waals surface area contributed by atoms with Gasteiger partial charge in [0.25, 0.3) is 0 Å². The van der Waals surface area contributed by atoms with Gasteiger partial charge < -0.3 is 5.32 Å². The summed E-state index contributed by atoms with van der Waals surface area (Å²) in [6, 6.07) is 4.58. The van der Waals surface area contributed by atoms with Gasteiger partial charge in [0.2, 0.25) is 0 Å². The van der Waals surface area contributed by atoms with Crippen LogP contribution in [0.15, 0.2) is 24.5 Å². The molecule has 0 saturated carbocycles. The lowest BCUT2D eigenvalue weighted by molar-refractivity contribution is 0.615. The molecule has 0 aliphatic rings. The molecule has 0 aliphatic heterocycles. The first-order valence-electron chi connectivity index (χ1n) is 5.49. The second kappa shape index (κ2) is 6.41. The van der Waals surface area contributed by atoms with E-state index in [2.05, 4.69) is 24.1 Å². The third kappa shape index (κ3) is 4.26. The van der Waals surface area contributed by atoms with Gasteiger partial charge in [-0.25, -0.2) is 0 Å². The van der Waals surface area contributed by atoms with E-state index in [1.807, 2.05) is 24.5 Å². The van der Waals surface area contributed by atoms with E-state index in [-0.39, 0.29) is 0 Å². The van der Waals surface area contributed by atoms with Crippen molar-refractivity contribution in [3.63, 3.8) is 0 Å². The summed E-state index contributed by atoms with van der Waals surface area (Å²) < 4.78 is 0. The number of hydrogen-bond acceptors (Lipinski definition) is 2. The summed E-state index contributed by atoms with van der Waals surface area (Å²) >= 11 is 0. The molecule has 1 aromatic heterocycles. The Labute approximate surface area is 86.8 Å². The van der Waals surface area contributed by atoms with Gasteiger partial charge in [-0.15, -0.1) is 0 Å². The fraction of sp³-hybridized carbons (Fsp3) is 0.583. The van der Waals surface area contributed by atoms with Crippen LogP contribution in [0.5, 0.6) is 0 Å². The van der Waals surface area contributed by atoms with E-state index >= 15 is 0 Å². The van der Waals surface area contributed by atoms with Gasteiger partial charge >= 0.3 is 0 Å². The lowest BCUT2D eigenvalue weighted by Gasteiger charge is -2.14. The van der Waals surface area contributed by atoms with Gasteiger partial charge in [-0.1, -0.05) is 26.2 Å². The quantitative estimate of drug-likeness (QED) is 0.698. The second-order valence-electron chi connectivity index (χ2n) is 3.78. The van der Waals surface area contributed by atoms with Crippen LogP contribution in [-0.2, 0) is 0 Å². The number of pyridine rings is 1. The first-order chi connectivity index (χ1) is 6.83. The van der Waals surface area contributed by atoms with E-state index in [9.17, 15) is 0 Å². The Bertz CT molecular complexity index is 233. The van der Waals surface area contributed by atoms with Crippen LogP contribution < -0.4 is 5.32 Å². The fourth-order valence-corrected chi connectivity index (χ4v) is 1.51. The van der Waals surface area contributed by atoms with Gasteiger partial charge in [-0.3, -0.25) is 4.98 Å². The van der Waals surface area contributed by atoms with Crippen LogP contribution in [0.25, 0.3) is 0 Å². The van der Waals surface area contributed by atoms with Crippen molar-refractivity contribution < 1.29 is 0 Å². The zero-order valence-corrected chi connectivity index (χ0v) is 9.16. The molecule has 1 N–H and O–H groups in total. The molecule has 1 rings (SSSR count). The topological polar surface area (TPSA) is 24.9 Å². The molecule has 0 bridgehead atoms. The number of unbranched alkanes of at least 4 members (excludes halogenated alkanes) is 2. The maximum absolute atomic E-state index is 3.99. The predicted molar refractivity (Wildman–Crippen MR) is 61.5 cm³/mol. The minimum Gasteiger partial charge on any atom is -0.383 e. The lowest BCUT2D eigenvalue weighted by atomic mass is 10.1. The van der Waals surface area contributed by atoms with Crippen molar-refractivity contribution in [1.29, 1.82) is 0 Å². The summed E-state index contributed by atoms with van der Waals surface area (Å²) in [7, 11) is 0. The average molecular weight is 192 g/mol. The van der Waals surface area contributed by atoms with Crippen LogP contribution in [0, 0.1) is 0 Å². The van der Waals surface area contributed by atoms with Crippen molar-refractivity contribution in [2.24, 2.45) is 0 Å². The molecule has 0 aromatic carbocycles. The summed E-state index contributed by atoms with van der Waals surface area (Å²) in [4.78, 5) is 3.99. The monoisotopic (exact) mass is 192 g/mol. The number of rotatable bonds is 6. The first kappa shape index (κ1) is 11.0. The van der Waals surface area contributed by atoms with Gasteiger partial charge in [-0.2, -0.15) is 0 Å². The van der Waals surface area contributed by atoms with E-state index in [0.29, 0.717) is 6.04 Å². The highest BCUT2D eigenvalue weighted by atomic mass is 14.9. The molecule has 14 heavy (non-hydrogen) atoms. The molecule has 0 radical (unpaired) electrons. The third-order valence-corrected chi connectivity index (χ3v) is 2.33. The molecule has 1 unspecified atom stereocenters. The smallest absolute Gasteiger partial charge is 0.0373 e. The zero-order chi connectivity index (χ0) is 10.2. The van der Waals surface area contributed by atoms with Crippen molar-refractivity contribution in [1.82, 2.24) is 4.98 Å². The standard InChI is InChI=1S/C12H20N2/c1-3-4-5-6-11(2)14-12-7-9-13-10-8-12/h7-11H,3-6H2,1-2H3,(H,13,14). The molecule has 2 nitrogen and oxygen atoms in total. The van der Waals surface area contributed by atoms with Crippen LogP contribution >= 0.6 is 0 Å². The summed E-state index contributed by atoms with van der Waals surface area (Å²) in [5, 5.41) is 3.46. The van der Waals surface area contributed by atoms with Crippen molar-refractivity contribution in [2.75, 3.05) is 5.32 Å². The molecule has 2 heteroatoms. The van der Waals surface area contributed by atoms with Gasteiger partial charge in [0.05, 0.1) is 0 Å². The van der Waals surface area contributed by atoms with Crippen molar-refractivity contribution in [3.05, 3.63) is 24.5 Å². The molecular weight excluding hydrogens is 172 g/mol. The van der Waals surface area contributed by atoms with Crippen LogP contribution in [0.1, 0.15) is 39.5 Å². The van der Waals surface area contributed by atoms with Crippen molar-refractivity contribution in [3.8, 4) is 0 Å². The minimum atomic E-state index is 0.559. The van der Waals surface area contributed by atoms with E-state index in [1.54, 1.807) is 0 Å². The van der Waals surface area contributed by atoms with Crippen LogP contribution in [0.2, 0.25) is 0 Å². The number of nitrogens with zero attached hydrogens (tertiary/aromatic N) is 1. The van der Waals surface area contributed by atoms with Crippen LogP contribution in [-0.4, -0.2) is 11.0 Å². The molecule has 0 fully saturated rings. The van der Waals surface area contributed by atoms with Gasteiger partial charge in [0.15, 0.2) is 0 Å². The Balaban J connectivity index is 2.23. The Morgan fingerprint density at radius 2 is 2.00 bits per heavy atom. The van der Waals surface area contributed by atoms with Crippen LogP contribution in [0.3, 0.4) is 0 Å². The van der Waals surface area contributed by atoms with Gasteiger partial charge in [0.1, 0.15) is 0 Å². The summed E-state index contributed by atoms with van der Waals surface area (Å²) in [5.41, 5.74) is 1.17. The number of hydrogen-bond donors (Lipinski definition) is 1. The van der Waals surface area contributed by atoms with Crippen LogP contribution in [0.4, 0.5) is 5.69 Å². The Kier molecular flexibility index (Phi) is 5.05. The Morgan fingerprint density at radius 1 is 1.29 bits per heavy atom. The molecule has 0 amide bonds. The summed E-state index contributed by atoms with van der Waals surface area (Å²) in [5.74, 6) is 0. The lowest BCUT2D eigenvalue weighted by Crippen LogP contribution is -2.14. The van der Waals surface area contributed by atoms with E-state index in [0.717, 1.165) is 0 Å². The highest BCUT2D eigenvalue weighted by Gasteiger charge is 2.00. The molecule has 0 saturated heterocycles. The molecule has 1 aromatic rings. The zero-order valence-electron chi connectivity index (χ0n) is 9.16. The summed E-state index contributed by atoms with van der Waals surface area (Å²) in [6.45, 7) is 4.47. The SMILES string of the molecule is CCCCCC(C)Nc1ccncc1. The van der Waals surface area contributed by atoms with E-state index in [4.69, 9.17) is 0 Å². The number of anilines is 1. The molecule has 1 atom stereocenters. The normalized spacial score (nSPS) is 12.4. The second-order valence-corrected chi connectivity index (χ2v) is 3.78. The third-order valence-electron chi connectivity index (χ3n) is 2.33. The molecule has 1 heterocycles. The largest absolute Gasteiger partial charge is 0.383 e. The Hall–Kier alpha value is -1.05. The van der Waals surface area contributed by atoms with Gasteiger partial charge in [-0.05, 0) is 25.5 Å². The maximum atomic E-state index is 3.99. The Morgan fingerprint density at radius 3 is 2.64 bits per heavy atom. The van der Waals surface area contributed by atoms with Crippen molar-refractivity contribution in [2.45, 2.75) is 45.6 Å². The highest BCUT2D eigenvalue weighted by Crippen LogP contribution is 2.10. The first-order valence-corrected chi connectivity index (χ1v) is 5.49. The minimum absolute atomic E-state index is 0.559. The molecule has 0 aliphatic carbocycles. The molecular formula is C12H20N2. The predicted octanol–water partition coefficient (Wildman–Crippen LogP) is 3.46. The number of aromatic nitrogens is 1. The van der Waals surface area contributed by atoms with Crippen molar-refractivity contribution >= 4 is 5.69 Å². The maximum Gasteiger partial charge on any atom is 0.0373 e. The fourth-order valence-electron chi connectivity index (χ4n) is 1.51.